The first-order chi connectivity index (χ1) is 13.3. The maximum absolute atomic E-state index is 12.7. The molecule has 0 aromatic carbocycles. The monoisotopic (exact) mass is 427 g/mol. The Balaban J connectivity index is 1.66. The number of hydrogen-bond donors (Lipinski definition) is 0. The molecule has 1 aliphatic rings. The van der Waals surface area contributed by atoms with E-state index in [1.54, 1.807) is 11.4 Å². The molecule has 1 amide bonds. The van der Waals surface area contributed by atoms with Crippen LogP contribution in [0.3, 0.4) is 0 Å². The SMILES string of the molecule is CC(C)CN(C(=O)COC(=O)c1sccc1-n1cnnn1)C1CCS(=O)(=O)C1. The number of nitrogens with zero attached hydrogens (tertiary/aromatic N) is 5. The fourth-order valence-corrected chi connectivity index (χ4v) is 5.55. The summed E-state index contributed by atoms with van der Waals surface area (Å²) < 4.78 is 30.1. The number of hydrogen-bond acceptors (Lipinski definition) is 9. The van der Waals surface area contributed by atoms with Gasteiger partial charge in [-0.2, -0.15) is 4.68 Å². The molecule has 152 valence electrons. The Hall–Kier alpha value is -2.34. The summed E-state index contributed by atoms with van der Waals surface area (Å²) in [6.45, 7) is 3.85. The largest absolute Gasteiger partial charge is 0.451 e. The summed E-state index contributed by atoms with van der Waals surface area (Å²) in [6.07, 6.45) is 1.76. The number of amides is 1. The quantitative estimate of drug-likeness (QED) is 0.587. The highest BCUT2D eigenvalue weighted by Crippen LogP contribution is 2.22. The average Bonchev–Trinajstić information content (AvgIpc) is 3.36. The van der Waals surface area contributed by atoms with Crippen molar-refractivity contribution in [1.82, 2.24) is 25.1 Å². The summed E-state index contributed by atoms with van der Waals surface area (Å²) in [6, 6.07) is 1.30. The van der Waals surface area contributed by atoms with Crippen LogP contribution in [0.15, 0.2) is 17.8 Å². The van der Waals surface area contributed by atoms with E-state index in [4.69, 9.17) is 4.74 Å². The van der Waals surface area contributed by atoms with E-state index in [0.717, 1.165) is 11.3 Å². The van der Waals surface area contributed by atoms with Gasteiger partial charge >= 0.3 is 5.97 Å². The molecule has 1 aliphatic heterocycles. The van der Waals surface area contributed by atoms with Crippen LogP contribution in [-0.4, -0.2) is 76.1 Å². The van der Waals surface area contributed by atoms with Crippen LogP contribution in [0.5, 0.6) is 0 Å². The van der Waals surface area contributed by atoms with Gasteiger partial charge in [0.25, 0.3) is 5.91 Å². The lowest BCUT2D eigenvalue weighted by Gasteiger charge is -2.29. The lowest BCUT2D eigenvalue weighted by Crippen LogP contribution is -2.45. The molecule has 0 aliphatic carbocycles. The highest BCUT2D eigenvalue weighted by molar-refractivity contribution is 7.91. The Morgan fingerprint density at radius 1 is 1.43 bits per heavy atom. The fraction of sp³-hybridized carbons (Fsp3) is 0.562. The number of thiophene rings is 1. The van der Waals surface area contributed by atoms with E-state index in [1.807, 2.05) is 13.8 Å². The number of ether oxygens (including phenoxy) is 1. The molecule has 10 nitrogen and oxygen atoms in total. The van der Waals surface area contributed by atoms with Crippen molar-refractivity contribution in [2.24, 2.45) is 5.92 Å². The predicted molar refractivity (Wildman–Crippen MR) is 101 cm³/mol. The molecule has 0 saturated carbocycles. The van der Waals surface area contributed by atoms with Gasteiger partial charge in [0.15, 0.2) is 16.4 Å². The van der Waals surface area contributed by atoms with E-state index < -0.39 is 28.3 Å². The lowest BCUT2D eigenvalue weighted by atomic mass is 10.1. The van der Waals surface area contributed by atoms with E-state index in [2.05, 4.69) is 15.5 Å². The molecule has 1 atom stereocenters. The third-order valence-corrected chi connectivity index (χ3v) is 6.92. The van der Waals surface area contributed by atoms with Gasteiger partial charge in [-0.1, -0.05) is 13.8 Å². The molecule has 0 spiro atoms. The van der Waals surface area contributed by atoms with E-state index in [0.29, 0.717) is 18.7 Å². The number of aromatic nitrogens is 4. The zero-order chi connectivity index (χ0) is 20.3. The summed E-state index contributed by atoms with van der Waals surface area (Å²) in [4.78, 5) is 26.9. The summed E-state index contributed by atoms with van der Waals surface area (Å²) >= 11 is 1.16. The van der Waals surface area contributed by atoms with Crippen LogP contribution in [-0.2, 0) is 19.4 Å². The van der Waals surface area contributed by atoms with Crippen LogP contribution < -0.4 is 0 Å². The molecule has 0 radical (unpaired) electrons. The topological polar surface area (TPSA) is 124 Å². The number of carbonyl (C=O) groups is 2. The van der Waals surface area contributed by atoms with E-state index in [-0.39, 0.29) is 28.3 Å². The summed E-state index contributed by atoms with van der Waals surface area (Å²) in [5, 5.41) is 12.5. The highest BCUT2D eigenvalue weighted by Gasteiger charge is 2.35. The van der Waals surface area contributed by atoms with Gasteiger partial charge in [-0.15, -0.1) is 16.4 Å². The van der Waals surface area contributed by atoms with Crippen LogP contribution in [0.1, 0.15) is 29.9 Å². The second-order valence-corrected chi connectivity index (χ2v) is 10.1. The minimum atomic E-state index is -3.13. The molecule has 3 rings (SSSR count). The molecular weight excluding hydrogens is 406 g/mol. The summed E-state index contributed by atoms with van der Waals surface area (Å²) in [5.74, 6) is -0.869. The Kier molecular flexibility index (Phi) is 6.08. The van der Waals surface area contributed by atoms with Crippen LogP contribution >= 0.6 is 11.3 Å². The Bertz CT molecular complexity index is 939. The molecule has 1 unspecified atom stereocenters. The van der Waals surface area contributed by atoms with Crippen LogP contribution in [0, 0.1) is 5.92 Å². The Morgan fingerprint density at radius 3 is 2.82 bits per heavy atom. The first kappa shape index (κ1) is 20.4. The Morgan fingerprint density at radius 2 is 2.21 bits per heavy atom. The maximum atomic E-state index is 12.7. The van der Waals surface area contributed by atoms with Crippen molar-refractivity contribution in [3.05, 3.63) is 22.7 Å². The van der Waals surface area contributed by atoms with E-state index >= 15 is 0 Å². The highest BCUT2D eigenvalue weighted by atomic mass is 32.2. The van der Waals surface area contributed by atoms with Crippen LogP contribution in [0.4, 0.5) is 0 Å². The third-order valence-electron chi connectivity index (χ3n) is 4.28. The van der Waals surface area contributed by atoms with E-state index in [1.165, 1.54) is 15.9 Å². The van der Waals surface area contributed by atoms with Crippen LogP contribution in [0.2, 0.25) is 0 Å². The van der Waals surface area contributed by atoms with Gasteiger partial charge in [0.05, 0.1) is 17.2 Å². The molecule has 1 saturated heterocycles. The van der Waals surface area contributed by atoms with Crippen LogP contribution in [0.25, 0.3) is 5.69 Å². The molecule has 0 bridgehead atoms. The summed E-state index contributed by atoms with van der Waals surface area (Å²) in [7, 11) is -3.13. The van der Waals surface area contributed by atoms with Crippen molar-refractivity contribution in [2.45, 2.75) is 26.3 Å². The Labute approximate surface area is 166 Å². The van der Waals surface area contributed by atoms with Crippen molar-refractivity contribution < 1.29 is 22.7 Å². The molecule has 12 heteroatoms. The van der Waals surface area contributed by atoms with Crippen molar-refractivity contribution in [3.63, 3.8) is 0 Å². The van der Waals surface area contributed by atoms with Gasteiger partial charge in [-0.3, -0.25) is 4.79 Å². The van der Waals surface area contributed by atoms with Gasteiger partial charge in [0.1, 0.15) is 11.2 Å². The lowest BCUT2D eigenvalue weighted by molar-refractivity contribution is -0.137. The van der Waals surface area contributed by atoms with Gasteiger partial charge in [0, 0.05) is 12.6 Å². The second kappa shape index (κ2) is 8.35. The smallest absolute Gasteiger partial charge is 0.351 e. The normalized spacial score (nSPS) is 18.3. The number of sulfone groups is 1. The van der Waals surface area contributed by atoms with Gasteiger partial charge < -0.3 is 9.64 Å². The van der Waals surface area contributed by atoms with E-state index in [9.17, 15) is 18.0 Å². The van der Waals surface area contributed by atoms with Crippen molar-refractivity contribution >= 4 is 33.1 Å². The molecule has 2 aromatic rings. The number of tetrazole rings is 1. The zero-order valence-corrected chi connectivity index (χ0v) is 17.1. The predicted octanol–water partition coefficient (Wildman–Crippen LogP) is 0.552. The molecule has 28 heavy (non-hydrogen) atoms. The number of rotatable bonds is 7. The van der Waals surface area contributed by atoms with Gasteiger partial charge in [-0.25, -0.2) is 13.2 Å². The standard InChI is InChI=1S/C16H21N5O5S2/c1-11(2)7-20(12-4-6-28(24,25)9-12)14(22)8-26-16(23)15-13(3-5-27-15)21-10-17-18-19-21/h3,5,10-12H,4,6-9H2,1-2H3. The molecule has 3 heterocycles. The molecular formula is C16H21N5O5S2. The first-order valence-corrected chi connectivity index (χ1v) is 11.4. The third kappa shape index (κ3) is 4.73. The average molecular weight is 428 g/mol. The minimum Gasteiger partial charge on any atom is -0.451 e. The molecule has 1 fully saturated rings. The first-order valence-electron chi connectivity index (χ1n) is 8.74. The molecule has 0 N–H and O–H groups in total. The minimum absolute atomic E-state index is 0.0478. The fourth-order valence-electron chi connectivity index (χ4n) is 3.05. The number of carbonyl (C=O) groups excluding carboxylic acids is 2. The molecule has 2 aromatic heterocycles. The summed E-state index contributed by atoms with van der Waals surface area (Å²) in [5.41, 5.74) is 0.466. The van der Waals surface area contributed by atoms with Crippen molar-refractivity contribution in [1.29, 1.82) is 0 Å². The second-order valence-electron chi connectivity index (χ2n) is 6.96. The van der Waals surface area contributed by atoms with Gasteiger partial charge in [0.2, 0.25) is 0 Å². The zero-order valence-electron chi connectivity index (χ0n) is 15.5. The number of esters is 1. The maximum Gasteiger partial charge on any atom is 0.351 e. The van der Waals surface area contributed by atoms with Gasteiger partial charge in [-0.05, 0) is 34.2 Å². The van der Waals surface area contributed by atoms with Crippen molar-refractivity contribution in [2.75, 3.05) is 24.7 Å². The van der Waals surface area contributed by atoms with Crippen molar-refractivity contribution in [3.8, 4) is 5.69 Å².